The molecule has 216 valence electrons. The molecule has 8 aromatic rings. The van der Waals surface area contributed by atoms with E-state index in [1.54, 1.807) is 6.20 Å². The number of aromatic nitrogens is 1. The van der Waals surface area contributed by atoms with Gasteiger partial charge in [0.25, 0.3) is 0 Å². The topological polar surface area (TPSA) is 26.0 Å². The van der Waals surface area contributed by atoms with Crippen molar-refractivity contribution >= 4 is 32.8 Å². The summed E-state index contributed by atoms with van der Waals surface area (Å²) in [6.07, 6.45) is -2.60. The minimum Gasteiger partial charge on any atom is -0.437 e. The largest absolute Gasteiger partial charge is 0.437 e. The first-order valence-electron chi connectivity index (χ1n) is 14.6. The van der Waals surface area contributed by atoms with Crippen LogP contribution in [0.15, 0.2) is 150 Å². The standard InChI is InChI=1S/C40H24F3NO/c41-40(42,43)34-20-18-26(19-21-34)25-6-8-27(9-7-25)31-16-12-29-13-17-32(24-33(29)23-31)28-10-14-30(15-11-28)35-3-1-4-36-37-5-2-22-44-39(37)45-38(35)36/h1-24H. The summed E-state index contributed by atoms with van der Waals surface area (Å²) in [6, 6.07) is 44.7. The van der Waals surface area contributed by atoms with Crippen molar-refractivity contribution in [1.29, 1.82) is 0 Å². The molecular weight excluding hydrogens is 567 g/mol. The molecule has 8 rings (SSSR count). The lowest BCUT2D eigenvalue weighted by atomic mass is 9.95. The maximum absolute atomic E-state index is 12.9. The van der Waals surface area contributed by atoms with Crippen molar-refractivity contribution < 1.29 is 17.6 Å². The Morgan fingerprint density at radius 3 is 1.58 bits per heavy atom. The molecule has 0 atom stereocenters. The molecule has 0 aliphatic rings. The molecule has 0 amide bonds. The Morgan fingerprint density at radius 2 is 0.978 bits per heavy atom. The second-order valence-corrected chi connectivity index (χ2v) is 11.1. The molecule has 2 heterocycles. The lowest BCUT2D eigenvalue weighted by Crippen LogP contribution is -2.03. The zero-order chi connectivity index (χ0) is 30.5. The molecule has 0 radical (unpaired) electrons. The van der Waals surface area contributed by atoms with E-state index < -0.39 is 11.7 Å². The highest BCUT2D eigenvalue weighted by Crippen LogP contribution is 2.37. The number of rotatable bonds is 4. The second-order valence-electron chi connectivity index (χ2n) is 11.1. The predicted molar refractivity (Wildman–Crippen MR) is 176 cm³/mol. The first kappa shape index (κ1) is 26.9. The van der Waals surface area contributed by atoms with Crippen molar-refractivity contribution in [3.05, 3.63) is 151 Å². The van der Waals surface area contributed by atoms with Gasteiger partial charge in [-0.05, 0) is 86.1 Å². The molecule has 0 aliphatic carbocycles. The molecule has 2 nitrogen and oxygen atoms in total. The van der Waals surface area contributed by atoms with Gasteiger partial charge in [-0.3, -0.25) is 0 Å². The monoisotopic (exact) mass is 591 g/mol. The fourth-order valence-electron chi connectivity index (χ4n) is 6.02. The maximum Gasteiger partial charge on any atom is 0.416 e. The van der Waals surface area contributed by atoms with Crippen LogP contribution in [-0.2, 0) is 6.18 Å². The van der Waals surface area contributed by atoms with E-state index in [-0.39, 0.29) is 0 Å². The van der Waals surface area contributed by atoms with Crippen LogP contribution in [0.2, 0.25) is 0 Å². The van der Waals surface area contributed by atoms with Crippen LogP contribution in [0.3, 0.4) is 0 Å². The van der Waals surface area contributed by atoms with Crippen molar-refractivity contribution in [2.45, 2.75) is 6.18 Å². The van der Waals surface area contributed by atoms with E-state index in [0.717, 1.165) is 83.8 Å². The smallest absolute Gasteiger partial charge is 0.416 e. The number of para-hydroxylation sites is 1. The first-order valence-corrected chi connectivity index (χ1v) is 14.6. The van der Waals surface area contributed by atoms with E-state index in [1.165, 1.54) is 12.1 Å². The van der Waals surface area contributed by atoms with Crippen molar-refractivity contribution in [3.8, 4) is 44.5 Å². The van der Waals surface area contributed by atoms with Gasteiger partial charge in [-0.1, -0.05) is 103 Å². The Labute approximate surface area is 257 Å². The van der Waals surface area contributed by atoms with Crippen molar-refractivity contribution in [1.82, 2.24) is 4.98 Å². The molecular formula is C40H24F3NO. The summed E-state index contributed by atoms with van der Waals surface area (Å²) in [5.74, 6) is 0. The van der Waals surface area contributed by atoms with Crippen LogP contribution in [0, 0.1) is 0 Å². The van der Waals surface area contributed by atoms with Gasteiger partial charge in [-0.25, -0.2) is 4.98 Å². The van der Waals surface area contributed by atoms with Gasteiger partial charge in [0, 0.05) is 22.5 Å². The summed E-state index contributed by atoms with van der Waals surface area (Å²) in [5, 5.41) is 4.34. The normalized spacial score (nSPS) is 11.9. The van der Waals surface area contributed by atoms with Gasteiger partial charge in [-0.15, -0.1) is 0 Å². The summed E-state index contributed by atoms with van der Waals surface area (Å²) in [4.78, 5) is 4.38. The first-order chi connectivity index (χ1) is 21.9. The van der Waals surface area contributed by atoms with Crippen LogP contribution in [0.4, 0.5) is 13.2 Å². The van der Waals surface area contributed by atoms with E-state index in [0.29, 0.717) is 5.71 Å². The predicted octanol–water partition coefficient (Wildman–Crippen LogP) is 11.8. The fourth-order valence-corrected chi connectivity index (χ4v) is 6.02. The number of furan rings is 1. The molecule has 45 heavy (non-hydrogen) atoms. The van der Waals surface area contributed by atoms with Crippen LogP contribution in [0.5, 0.6) is 0 Å². The Hall–Kier alpha value is -5.68. The minimum atomic E-state index is -4.34. The summed E-state index contributed by atoms with van der Waals surface area (Å²) in [6.45, 7) is 0. The highest BCUT2D eigenvalue weighted by atomic mass is 19.4. The SMILES string of the molecule is FC(F)(F)c1ccc(-c2ccc(-c3ccc4ccc(-c5ccc(-c6cccc7c6oc6ncccc67)cc5)cc4c3)cc2)cc1. The summed E-state index contributed by atoms with van der Waals surface area (Å²) < 4.78 is 45.0. The molecule has 6 aromatic carbocycles. The minimum absolute atomic E-state index is 0.641. The Bertz CT molecular complexity index is 2330. The van der Waals surface area contributed by atoms with Crippen molar-refractivity contribution in [2.24, 2.45) is 0 Å². The van der Waals surface area contributed by atoms with Gasteiger partial charge >= 0.3 is 6.18 Å². The summed E-state index contributed by atoms with van der Waals surface area (Å²) in [5.41, 5.74) is 8.90. The average molecular weight is 592 g/mol. The van der Waals surface area contributed by atoms with Crippen LogP contribution < -0.4 is 0 Å². The average Bonchev–Trinajstić information content (AvgIpc) is 3.47. The lowest BCUT2D eigenvalue weighted by Gasteiger charge is -2.10. The van der Waals surface area contributed by atoms with Crippen LogP contribution in [0.1, 0.15) is 5.56 Å². The van der Waals surface area contributed by atoms with Crippen LogP contribution in [0.25, 0.3) is 77.3 Å². The number of nitrogens with zero attached hydrogens (tertiary/aromatic N) is 1. The highest BCUT2D eigenvalue weighted by Gasteiger charge is 2.30. The number of benzene rings is 6. The van der Waals surface area contributed by atoms with E-state index in [2.05, 4.69) is 83.8 Å². The zero-order valence-corrected chi connectivity index (χ0v) is 23.8. The number of hydrogen-bond acceptors (Lipinski definition) is 2. The summed E-state index contributed by atoms with van der Waals surface area (Å²) >= 11 is 0. The highest BCUT2D eigenvalue weighted by molar-refractivity contribution is 6.08. The van der Waals surface area contributed by atoms with Gasteiger partial charge < -0.3 is 4.42 Å². The molecule has 0 saturated heterocycles. The van der Waals surface area contributed by atoms with E-state index in [9.17, 15) is 13.2 Å². The van der Waals surface area contributed by atoms with E-state index in [4.69, 9.17) is 4.42 Å². The third kappa shape index (κ3) is 4.92. The summed E-state index contributed by atoms with van der Waals surface area (Å²) in [7, 11) is 0. The molecule has 2 aromatic heterocycles. The van der Waals surface area contributed by atoms with Gasteiger partial charge in [0.15, 0.2) is 0 Å². The molecule has 0 N–H and O–H groups in total. The molecule has 0 fully saturated rings. The van der Waals surface area contributed by atoms with Gasteiger partial charge in [0.2, 0.25) is 5.71 Å². The lowest BCUT2D eigenvalue weighted by molar-refractivity contribution is -0.137. The maximum atomic E-state index is 12.9. The third-order valence-corrected chi connectivity index (χ3v) is 8.41. The number of halogens is 3. The second kappa shape index (κ2) is 10.5. The quantitative estimate of drug-likeness (QED) is 0.203. The Kier molecular flexibility index (Phi) is 6.27. The van der Waals surface area contributed by atoms with Crippen molar-refractivity contribution in [2.75, 3.05) is 0 Å². The Morgan fingerprint density at radius 1 is 0.467 bits per heavy atom. The number of pyridine rings is 1. The molecule has 0 aliphatic heterocycles. The number of fused-ring (bicyclic) bond motifs is 4. The third-order valence-electron chi connectivity index (χ3n) is 8.41. The molecule has 0 spiro atoms. The van der Waals surface area contributed by atoms with Gasteiger partial charge in [0.05, 0.1) is 5.56 Å². The molecule has 0 unspecified atom stereocenters. The van der Waals surface area contributed by atoms with Gasteiger partial charge in [0.1, 0.15) is 5.58 Å². The van der Waals surface area contributed by atoms with Crippen molar-refractivity contribution in [3.63, 3.8) is 0 Å². The van der Waals surface area contributed by atoms with E-state index in [1.807, 2.05) is 36.4 Å². The fraction of sp³-hybridized carbons (Fsp3) is 0.0250. The molecule has 0 saturated carbocycles. The Balaban J connectivity index is 1.07. The molecule has 0 bridgehead atoms. The zero-order valence-electron chi connectivity index (χ0n) is 23.8. The van der Waals surface area contributed by atoms with Crippen LogP contribution >= 0.6 is 0 Å². The molecule has 5 heteroatoms. The van der Waals surface area contributed by atoms with Crippen LogP contribution in [-0.4, -0.2) is 4.98 Å². The van der Waals surface area contributed by atoms with E-state index >= 15 is 0 Å². The number of alkyl halides is 3. The number of hydrogen-bond donors (Lipinski definition) is 0. The van der Waals surface area contributed by atoms with Gasteiger partial charge in [-0.2, -0.15) is 13.2 Å².